The summed E-state index contributed by atoms with van der Waals surface area (Å²) < 4.78 is 4.90. The van der Waals surface area contributed by atoms with Crippen LogP contribution in [-0.4, -0.2) is 102 Å². The number of nitrogens with two attached hydrogens (primary N) is 1. The zero-order chi connectivity index (χ0) is 28.4. The maximum Gasteiger partial charge on any atom is 0.255 e. The van der Waals surface area contributed by atoms with E-state index in [9.17, 15) is 39.6 Å². The third-order valence-corrected chi connectivity index (χ3v) is 7.75. The Morgan fingerprint density at radius 3 is 2.32 bits per heavy atom. The SMILES string of the molecule is COCC(=O)c1cc(N(C)C)c2c(c1O)C(O)=C1C(=O)[C@]3(O)C(O)=C(C(N)=O)C(=O)[C@@H](N(C)C)[C@@H]3C[C@@H]1C2. The van der Waals surface area contributed by atoms with Gasteiger partial charge in [-0.15, -0.1) is 0 Å². The molecular weight excluding hydrogens is 498 g/mol. The summed E-state index contributed by atoms with van der Waals surface area (Å²) >= 11 is 0. The highest BCUT2D eigenvalue weighted by atomic mass is 16.5. The zero-order valence-corrected chi connectivity index (χ0v) is 21.7. The van der Waals surface area contributed by atoms with E-state index < -0.39 is 69.6 Å². The number of phenolic OH excluding ortho intramolecular Hbond substituents is 1. The Balaban J connectivity index is 2.01. The molecule has 12 heteroatoms. The van der Waals surface area contributed by atoms with E-state index in [0.29, 0.717) is 11.3 Å². The van der Waals surface area contributed by atoms with Gasteiger partial charge in [-0.3, -0.25) is 24.1 Å². The molecule has 0 spiro atoms. The van der Waals surface area contributed by atoms with Gasteiger partial charge in [-0.1, -0.05) is 0 Å². The number of primary amides is 1. The number of ketones is 3. The van der Waals surface area contributed by atoms with Crippen LogP contribution in [0.2, 0.25) is 0 Å². The normalized spacial score (nSPS) is 26.8. The van der Waals surface area contributed by atoms with Crippen LogP contribution in [0.5, 0.6) is 5.75 Å². The molecule has 1 aromatic rings. The Morgan fingerprint density at radius 1 is 1.16 bits per heavy atom. The molecule has 3 aliphatic rings. The van der Waals surface area contributed by atoms with E-state index in [1.165, 1.54) is 32.2 Å². The summed E-state index contributed by atoms with van der Waals surface area (Å²) in [5.41, 5.74) is 2.14. The molecule has 6 N–H and O–H groups in total. The Labute approximate surface area is 218 Å². The first kappa shape index (κ1) is 27.3. The van der Waals surface area contributed by atoms with Crippen LogP contribution < -0.4 is 10.6 Å². The van der Waals surface area contributed by atoms with Crippen molar-refractivity contribution in [1.29, 1.82) is 0 Å². The second kappa shape index (κ2) is 9.22. The van der Waals surface area contributed by atoms with Crippen LogP contribution in [0.3, 0.4) is 0 Å². The standard InChI is InChI=1S/C26H31N3O9/c1-28(2)14-8-12(15(30)9-38-5)20(31)17-11(14)6-10-7-13-19(29(3)4)22(33)18(25(27)36)24(35)26(13,37)23(34)16(10)21(17)32/h8,10,13,19,31-32,35,37H,6-7,9H2,1-5H3,(H2,27,36)/t10-,13-,19-,26-/m0/s1. The van der Waals surface area contributed by atoms with Crippen molar-refractivity contribution in [2.75, 3.05) is 46.8 Å². The molecule has 0 radical (unpaired) electrons. The van der Waals surface area contributed by atoms with E-state index in [1.807, 2.05) is 0 Å². The predicted molar refractivity (Wildman–Crippen MR) is 135 cm³/mol. The Hall–Kier alpha value is -3.74. The summed E-state index contributed by atoms with van der Waals surface area (Å²) in [6.07, 6.45) is 0.0953. The number of hydrogen-bond acceptors (Lipinski definition) is 11. The first-order valence-corrected chi connectivity index (χ1v) is 11.9. The molecule has 1 amide bonds. The maximum absolute atomic E-state index is 13.9. The minimum atomic E-state index is -2.73. The van der Waals surface area contributed by atoms with Gasteiger partial charge < -0.3 is 35.8 Å². The fourth-order valence-corrected chi connectivity index (χ4v) is 6.11. The molecule has 3 aliphatic carbocycles. The molecule has 0 heterocycles. The van der Waals surface area contributed by atoms with E-state index >= 15 is 0 Å². The summed E-state index contributed by atoms with van der Waals surface area (Å²) in [7, 11) is 7.82. The van der Waals surface area contributed by atoms with Crippen LogP contribution in [0, 0.1) is 11.8 Å². The summed E-state index contributed by atoms with van der Waals surface area (Å²) in [4.78, 5) is 55.0. The Morgan fingerprint density at radius 2 is 1.79 bits per heavy atom. The smallest absolute Gasteiger partial charge is 0.255 e. The van der Waals surface area contributed by atoms with E-state index in [0.717, 1.165) is 0 Å². The first-order valence-electron chi connectivity index (χ1n) is 11.9. The van der Waals surface area contributed by atoms with Crippen molar-refractivity contribution in [2.45, 2.75) is 24.5 Å². The molecule has 1 saturated carbocycles. The van der Waals surface area contributed by atoms with Gasteiger partial charge in [0.25, 0.3) is 5.91 Å². The Bertz CT molecular complexity index is 1340. The second-order valence-corrected chi connectivity index (χ2v) is 10.4. The largest absolute Gasteiger partial charge is 0.508 e. The van der Waals surface area contributed by atoms with Crippen molar-refractivity contribution in [2.24, 2.45) is 17.6 Å². The van der Waals surface area contributed by atoms with Gasteiger partial charge in [0.2, 0.25) is 5.78 Å². The number of nitrogens with zero attached hydrogens (tertiary/aromatic N) is 2. The molecule has 0 aromatic heterocycles. The molecule has 4 atom stereocenters. The van der Waals surface area contributed by atoms with Gasteiger partial charge in [0.15, 0.2) is 17.2 Å². The van der Waals surface area contributed by atoms with Crippen LogP contribution in [-0.2, 0) is 25.5 Å². The van der Waals surface area contributed by atoms with E-state index in [1.54, 1.807) is 19.0 Å². The number of likely N-dealkylation sites (N-methyl/N-ethyl adjacent to an activating group) is 1. The van der Waals surface area contributed by atoms with Crippen LogP contribution in [0.1, 0.15) is 27.9 Å². The molecule has 204 valence electrons. The number of Topliss-reactive ketones (excluding diaryl/α,β-unsaturated/α-hetero) is 3. The lowest BCUT2D eigenvalue weighted by molar-refractivity contribution is -0.153. The van der Waals surface area contributed by atoms with Gasteiger partial charge in [-0.05, 0) is 44.5 Å². The molecule has 0 bridgehead atoms. The van der Waals surface area contributed by atoms with Crippen molar-refractivity contribution in [3.8, 4) is 5.75 Å². The van der Waals surface area contributed by atoms with Gasteiger partial charge in [0.05, 0.1) is 17.2 Å². The number of benzene rings is 1. The fourth-order valence-electron chi connectivity index (χ4n) is 6.11. The number of aliphatic hydroxyl groups is 3. The number of aromatic hydroxyl groups is 1. The lowest BCUT2D eigenvalue weighted by Gasteiger charge is -2.50. The maximum atomic E-state index is 13.9. The molecule has 1 fully saturated rings. The third-order valence-electron chi connectivity index (χ3n) is 7.75. The van der Waals surface area contributed by atoms with Crippen LogP contribution in [0.15, 0.2) is 23.0 Å². The number of hydrogen-bond donors (Lipinski definition) is 5. The topological polar surface area (TPSA) is 191 Å². The second-order valence-electron chi connectivity index (χ2n) is 10.4. The summed E-state index contributed by atoms with van der Waals surface area (Å²) in [6, 6.07) is 0.318. The number of rotatable bonds is 6. The first-order chi connectivity index (χ1) is 17.7. The predicted octanol–water partition coefficient (Wildman–Crippen LogP) is -0.141. The van der Waals surface area contributed by atoms with Crippen LogP contribution >= 0.6 is 0 Å². The number of fused-ring (bicyclic) bond motifs is 3. The summed E-state index contributed by atoms with van der Waals surface area (Å²) in [5.74, 6) is -8.04. The average molecular weight is 530 g/mol. The van der Waals surface area contributed by atoms with Gasteiger partial charge in [0.1, 0.15) is 29.4 Å². The van der Waals surface area contributed by atoms with Gasteiger partial charge in [-0.2, -0.15) is 0 Å². The van der Waals surface area contributed by atoms with Gasteiger partial charge in [-0.25, -0.2) is 0 Å². The number of methoxy groups -OCH3 is 1. The third kappa shape index (κ3) is 3.62. The van der Waals surface area contributed by atoms with Crippen LogP contribution in [0.4, 0.5) is 5.69 Å². The highest BCUT2D eigenvalue weighted by molar-refractivity contribution is 6.24. The van der Waals surface area contributed by atoms with E-state index in [-0.39, 0.29) is 36.1 Å². The number of carbonyl (C=O) groups excluding carboxylic acids is 4. The molecule has 38 heavy (non-hydrogen) atoms. The molecular formula is C26H31N3O9. The number of carbonyl (C=O) groups is 4. The highest BCUT2D eigenvalue weighted by Gasteiger charge is 2.64. The minimum Gasteiger partial charge on any atom is -0.508 e. The summed E-state index contributed by atoms with van der Waals surface area (Å²) in [6.45, 7) is -0.339. The molecule has 4 rings (SSSR count). The van der Waals surface area contributed by atoms with Gasteiger partial charge in [0, 0.05) is 38.4 Å². The lowest BCUT2D eigenvalue weighted by atomic mass is 9.57. The summed E-state index contributed by atoms with van der Waals surface area (Å²) in [5, 5.41) is 45.1. The minimum absolute atomic E-state index is 0.0241. The van der Waals surface area contributed by atoms with Crippen molar-refractivity contribution in [3.63, 3.8) is 0 Å². The van der Waals surface area contributed by atoms with E-state index in [2.05, 4.69) is 0 Å². The highest BCUT2D eigenvalue weighted by Crippen LogP contribution is 2.54. The van der Waals surface area contributed by atoms with Crippen molar-refractivity contribution < 1.29 is 44.3 Å². The lowest BCUT2D eigenvalue weighted by Crippen LogP contribution is -2.65. The fraction of sp³-hybridized carbons (Fsp3) is 0.462. The number of ether oxygens (including phenoxy) is 1. The Kier molecular flexibility index (Phi) is 6.63. The average Bonchev–Trinajstić information content (AvgIpc) is 2.81. The van der Waals surface area contributed by atoms with E-state index in [4.69, 9.17) is 10.5 Å². The number of aliphatic hydroxyl groups excluding tert-OH is 2. The number of phenols is 1. The van der Waals surface area contributed by atoms with Crippen molar-refractivity contribution in [3.05, 3.63) is 39.7 Å². The monoisotopic (exact) mass is 529 g/mol. The molecule has 0 unspecified atom stereocenters. The molecule has 1 aromatic carbocycles. The molecule has 12 nitrogen and oxygen atoms in total. The van der Waals surface area contributed by atoms with Crippen LogP contribution in [0.25, 0.3) is 5.76 Å². The number of amides is 1. The zero-order valence-electron chi connectivity index (χ0n) is 21.7. The van der Waals surface area contributed by atoms with Crippen molar-refractivity contribution in [1.82, 2.24) is 4.90 Å². The molecule has 0 saturated heterocycles. The number of anilines is 1. The quantitative estimate of drug-likeness (QED) is 0.243. The molecule has 0 aliphatic heterocycles. The van der Waals surface area contributed by atoms with Gasteiger partial charge >= 0.3 is 0 Å². The van der Waals surface area contributed by atoms with Crippen molar-refractivity contribution >= 4 is 34.7 Å².